The van der Waals surface area contributed by atoms with E-state index >= 15 is 0 Å². The van der Waals surface area contributed by atoms with Crippen molar-refractivity contribution < 1.29 is 123 Å². The maximum absolute atomic E-state index is 13.3. The minimum absolute atomic E-state index is 0.00593. The van der Waals surface area contributed by atoms with E-state index in [1.807, 2.05) is 77.7 Å². The van der Waals surface area contributed by atoms with Gasteiger partial charge < -0.3 is 94.6 Å². The summed E-state index contributed by atoms with van der Waals surface area (Å²) in [6.07, 6.45) is 6.41. The monoisotopic (exact) mass is 1740 g/mol. The van der Waals surface area contributed by atoms with Crippen LogP contribution in [0.15, 0.2) is 156 Å². The van der Waals surface area contributed by atoms with Gasteiger partial charge in [-0.25, -0.2) is 48.1 Å². The Bertz CT molecular complexity index is 4860. The van der Waals surface area contributed by atoms with E-state index in [0.717, 1.165) is 87.4 Å². The highest BCUT2D eigenvalue weighted by Crippen LogP contribution is 2.36. The van der Waals surface area contributed by atoms with Crippen molar-refractivity contribution >= 4 is 93.5 Å². The zero-order chi connectivity index (χ0) is 89.7. The quantitative estimate of drug-likeness (QED) is 0.0154. The van der Waals surface area contributed by atoms with Crippen molar-refractivity contribution in [2.24, 2.45) is 10.9 Å². The van der Waals surface area contributed by atoms with Gasteiger partial charge in [0.25, 0.3) is 10.1 Å². The number of aliphatic imine (C=N–C) groups is 1. The van der Waals surface area contributed by atoms with Crippen molar-refractivity contribution in [3.8, 4) is 22.4 Å². The molecule has 7 aliphatic rings. The number of esters is 3. The van der Waals surface area contributed by atoms with E-state index < -0.39 is 106 Å². The lowest BCUT2D eigenvalue weighted by molar-refractivity contribution is -0.155. The van der Waals surface area contributed by atoms with E-state index in [9.17, 15) is 66.0 Å². The Balaban J connectivity index is 0.000000200. The first-order chi connectivity index (χ1) is 59.1. The zero-order valence-corrected chi connectivity index (χ0v) is 70.8. The number of alkyl carbamates (subject to hydrolysis) is 5. The van der Waals surface area contributed by atoms with Gasteiger partial charge in [-0.15, -0.1) is 0 Å². The third-order valence-corrected chi connectivity index (χ3v) is 21.2. The maximum Gasteiger partial charge on any atom is 0.408 e. The molecule has 36 nitrogen and oxygen atoms in total. The molecule has 666 valence electrons. The molecule has 13 rings (SSSR count). The predicted octanol–water partition coefficient (Wildman–Crippen LogP) is 9.91. The van der Waals surface area contributed by atoms with Crippen molar-refractivity contribution in [1.82, 2.24) is 46.4 Å². The smallest absolute Gasteiger partial charge is 0.408 e. The van der Waals surface area contributed by atoms with Gasteiger partial charge in [-0.2, -0.15) is 8.42 Å². The molecule has 6 aromatic rings. The second-order valence-corrected chi connectivity index (χ2v) is 33.2. The Morgan fingerprint density at radius 3 is 1.60 bits per heavy atom. The molecule has 124 heavy (non-hydrogen) atoms. The number of aryl methyl sites for hydroxylation is 1. The highest BCUT2D eigenvalue weighted by Gasteiger charge is 2.41. The number of ether oxygens (including phenoxy) is 8. The number of hydrogen-bond donors (Lipinski definition) is 9. The normalized spacial score (nSPS) is 19.6. The summed E-state index contributed by atoms with van der Waals surface area (Å²) in [5, 5.41) is 37.4. The molecule has 8 atom stereocenters. The average Bonchev–Trinajstić information content (AvgIpc) is 1.68. The van der Waals surface area contributed by atoms with Crippen LogP contribution in [-0.4, -0.2) is 222 Å². The van der Waals surface area contributed by atoms with Crippen LogP contribution in [0.2, 0.25) is 0 Å². The Morgan fingerprint density at radius 1 is 0.573 bits per heavy atom. The molecule has 7 aliphatic heterocycles. The molecule has 0 radical (unpaired) electrons. The number of aromatic amines is 1. The second-order valence-electron chi connectivity index (χ2n) is 31.6. The summed E-state index contributed by atoms with van der Waals surface area (Å²) in [4.78, 5) is 156. The number of hydrogen-bond acceptors (Lipinski definition) is 26. The maximum atomic E-state index is 13.3. The molecule has 0 bridgehead atoms. The average molecular weight is 1740 g/mol. The number of cyclic esters (lactones) is 4. The van der Waals surface area contributed by atoms with Crippen molar-refractivity contribution in [3.05, 3.63) is 174 Å². The molecule has 0 spiro atoms. The first-order valence-electron chi connectivity index (χ1n) is 40.6. The first kappa shape index (κ1) is 95.1. The molecule has 0 unspecified atom stereocenters. The number of carboxylic acid groups (broad SMARTS) is 2. The summed E-state index contributed by atoms with van der Waals surface area (Å²) < 4.78 is 69.3. The molecule has 5 aromatic carbocycles. The van der Waals surface area contributed by atoms with Gasteiger partial charge in [-0.3, -0.25) is 23.6 Å². The first-order valence-corrected chi connectivity index (χ1v) is 42.0. The molecule has 0 aliphatic carbocycles. The van der Waals surface area contributed by atoms with Crippen LogP contribution in [0.1, 0.15) is 153 Å². The molecule has 37 heteroatoms. The number of likely N-dealkylation sites (tertiary alicyclic amines) is 2. The van der Waals surface area contributed by atoms with Crippen LogP contribution in [0.25, 0.3) is 28.0 Å². The Hall–Kier alpha value is -12.8. The Labute approximate surface area is 716 Å². The lowest BCUT2D eigenvalue weighted by atomic mass is 9.95. The molecule has 9 N–H and O–H groups in total. The number of aromatic nitrogens is 2. The van der Waals surface area contributed by atoms with Crippen LogP contribution < -0.4 is 26.6 Å². The third-order valence-electron chi connectivity index (χ3n) is 19.9. The molecular formula is C87H106N10O26S. The van der Waals surface area contributed by atoms with Gasteiger partial charge in [0.1, 0.15) is 60.4 Å². The van der Waals surface area contributed by atoms with Crippen LogP contribution in [0.5, 0.6) is 0 Å². The number of carbonyl (C=O) groups is 12. The van der Waals surface area contributed by atoms with Crippen LogP contribution in [0.3, 0.4) is 0 Å². The third kappa shape index (κ3) is 29.8. The lowest BCUT2D eigenvalue weighted by Gasteiger charge is -2.30. The van der Waals surface area contributed by atoms with Gasteiger partial charge in [0.05, 0.1) is 74.2 Å². The van der Waals surface area contributed by atoms with Crippen molar-refractivity contribution in [1.29, 1.82) is 0 Å². The highest BCUT2D eigenvalue weighted by molar-refractivity contribution is 7.86. The Morgan fingerprint density at radius 2 is 1.07 bits per heavy atom. The summed E-state index contributed by atoms with van der Waals surface area (Å²) in [5.41, 5.74) is 8.50. The molecule has 6 saturated heterocycles. The SMILES string of the molecule is CC(C)(C)OC(=O)N[C@@H](CCO)C(=O)O.Cc1ccc(S(=O)(=O)OCC[C@H](NC(=O)OC(C)(C)C)C(=O)OCc2ccccc2)cc1.O=C1C[C@H](C(=O)N2CCC[C@H]2C2=NC=C(c3ccc(-c4ccc(-c5cnc([C@@H]6CCCN6C(=O)[C@@H]6CCOC(=O)N6)[nH]5)cc4)cc3)C2)CCO1.O=C1N[C@H](C(=O)O)CCO1.O=C1N[C@H](C(=O)OCc2ccccc2)CCO1. The van der Waals surface area contributed by atoms with Crippen molar-refractivity contribution in [2.75, 3.05) is 52.7 Å². The molecular weight excluding hydrogens is 1630 g/mol. The number of nitrogens with one attached hydrogen (secondary N) is 6. The van der Waals surface area contributed by atoms with Crippen molar-refractivity contribution in [2.45, 2.75) is 197 Å². The number of nitrogens with zero attached hydrogens (tertiary/aromatic N) is 4. The Kier molecular flexibility index (Phi) is 34.8. The fourth-order valence-corrected chi connectivity index (χ4v) is 14.5. The molecule has 6 fully saturated rings. The van der Waals surface area contributed by atoms with E-state index in [0.29, 0.717) is 51.8 Å². The van der Waals surface area contributed by atoms with Crippen molar-refractivity contribution in [3.63, 3.8) is 0 Å². The topological polar surface area (TPSA) is 490 Å². The lowest BCUT2D eigenvalue weighted by Crippen LogP contribution is -2.51. The summed E-state index contributed by atoms with van der Waals surface area (Å²) in [6, 6.07) is 37.1. The largest absolute Gasteiger partial charge is 0.480 e. The summed E-state index contributed by atoms with van der Waals surface area (Å²) >= 11 is 0. The predicted molar refractivity (Wildman–Crippen MR) is 445 cm³/mol. The summed E-state index contributed by atoms with van der Waals surface area (Å²) in [6.45, 7) is 13.8. The minimum Gasteiger partial charge on any atom is -0.480 e. The standard InChI is InChI=1S/C38H40N6O6.C23H29NO7S.C12H13NO4.C9H17NO5.C5H7NO4/c45-34-20-27(13-17-49-34)36(46)43-15-1-3-32(43)30-19-28(21-39-30)25-7-5-23(6-8-25)24-9-11-26(12-10-24)31-22-40-35(41-31)33-4-2-16-44(33)37(47)29-14-18-50-38(48)42-29;1-17-10-12-19(13-11-17)32(27,28)30-15-14-20(24-22(26)31-23(2,3)4)21(25)29-16-18-8-6-5-7-9-18;14-11(10-6-7-16-12(15)13-10)17-8-9-4-2-1-3-5-9;1-9(2,3)15-8(14)10-6(4-5-11)7(12)13;7-4(8)3-1-2-10-5(9)6-3/h5-12,21-22,27,29,32-33H,1-4,13-20H2,(H,40,41)(H,42,48);5-13,20H,14-16H2,1-4H3,(H,24,26);1-5,10H,6-8H2,(H,13,15);6,11H,4-5H2,1-3H3,(H,10,14)(H,12,13);3H,1-2H2,(H,6,9)(H,7,8)/t27-,29+,32+,33+;20-;10-;6-;3-/m10000/s1. The summed E-state index contributed by atoms with van der Waals surface area (Å²) in [5.74, 6) is -3.23. The van der Waals surface area contributed by atoms with Crippen LogP contribution in [0, 0.1) is 12.8 Å². The number of aliphatic carboxylic acids is 2. The van der Waals surface area contributed by atoms with E-state index in [1.165, 1.54) is 12.1 Å². The molecule has 0 saturated carbocycles. The van der Waals surface area contributed by atoms with Crippen LogP contribution in [0.4, 0.5) is 24.0 Å². The second kappa shape index (κ2) is 45.4. The van der Waals surface area contributed by atoms with E-state index in [-0.39, 0.29) is 106 Å². The van der Waals surface area contributed by atoms with Gasteiger partial charge in [0.15, 0.2) is 0 Å². The van der Waals surface area contributed by atoms with Gasteiger partial charge in [0.2, 0.25) is 11.8 Å². The number of allylic oxidation sites excluding steroid dienone is 1. The van der Waals surface area contributed by atoms with Crippen LogP contribution in [-0.2, 0) is 99.0 Å². The number of imidazole rings is 1. The molecule has 1 aromatic heterocycles. The number of aliphatic hydroxyl groups excluding tert-OH is 1. The van der Waals surface area contributed by atoms with E-state index in [2.05, 4.69) is 94.6 Å². The van der Waals surface area contributed by atoms with Gasteiger partial charge >= 0.3 is 60.3 Å². The fourth-order valence-electron chi connectivity index (χ4n) is 13.6. The van der Waals surface area contributed by atoms with E-state index in [4.69, 9.17) is 52.9 Å². The summed E-state index contributed by atoms with van der Waals surface area (Å²) in [7, 11) is -4.01. The highest BCUT2D eigenvalue weighted by atomic mass is 32.2. The van der Waals surface area contributed by atoms with Crippen LogP contribution >= 0.6 is 0 Å². The molecule has 7 amide bonds. The zero-order valence-electron chi connectivity index (χ0n) is 70.0. The number of amides is 7. The number of carbonyl (C=O) groups excluding carboxylic acids is 10. The number of rotatable bonds is 24. The number of carboxylic acids is 2. The van der Waals surface area contributed by atoms with E-state index in [1.54, 1.807) is 65.8 Å². The minimum atomic E-state index is -4.01. The molecule has 8 heterocycles. The van der Waals surface area contributed by atoms with Gasteiger partial charge in [-0.05, 0) is 132 Å². The number of aliphatic hydroxyl groups is 1. The fraction of sp³-hybridized carbons (Fsp3) is 0.448. The van der Waals surface area contributed by atoms with Gasteiger partial charge in [0, 0.05) is 70.1 Å². The number of H-pyrrole nitrogens is 1. The van der Waals surface area contributed by atoms with Gasteiger partial charge in [-0.1, -0.05) is 127 Å². The number of benzene rings is 5.